The smallest absolute Gasteiger partial charge is 0.335 e. The molecule has 0 amide bonds. The molecule has 1 saturated carbocycles. The van der Waals surface area contributed by atoms with Crippen LogP contribution in [-0.2, 0) is 0 Å². The molecule has 0 aromatic carbocycles. The Balaban J connectivity index is 2.44. The van der Waals surface area contributed by atoms with Crippen LogP contribution in [0, 0.1) is 0 Å². The summed E-state index contributed by atoms with van der Waals surface area (Å²) >= 11 is 0. The monoisotopic (exact) mass is 237 g/mol. The van der Waals surface area contributed by atoms with Gasteiger partial charge in [0.05, 0.1) is 11.3 Å². The van der Waals surface area contributed by atoms with Crippen LogP contribution >= 0.6 is 0 Å². The van der Waals surface area contributed by atoms with Crippen molar-refractivity contribution in [1.29, 1.82) is 0 Å². The first-order valence-electron chi connectivity index (χ1n) is 5.79. The minimum absolute atomic E-state index is 0.0547. The third-order valence-corrected chi connectivity index (χ3v) is 3.31. The summed E-state index contributed by atoms with van der Waals surface area (Å²) in [6.07, 6.45) is 5.04. The SMILES string of the molecule is O=C(O)c1cc(C2CCCCC2)n(O)c(=O)c1. The summed E-state index contributed by atoms with van der Waals surface area (Å²) in [5, 5.41) is 18.6. The topological polar surface area (TPSA) is 79.5 Å². The van der Waals surface area contributed by atoms with Crippen LogP contribution in [0.1, 0.15) is 54.1 Å². The molecule has 2 N–H and O–H groups in total. The number of hydrogen-bond donors (Lipinski definition) is 2. The first kappa shape index (κ1) is 11.7. The van der Waals surface area contributed by atoms with Crippen molar-refractivity contribution < 1.29 is 15.1 Å². The Bertz CT molecular complexity index is 486. The molecule has 0 unspecified atom stereocenters. The zero-order valence-electron chi connectivity index (χ0n) is 9.43. The van der Waals surface area contributed by atoms with Crippen LogP contribution in [0.15, 0.2) is 16.9 Å². The van der Waals surface area contributed by atoms with Gasteiger partial charge in [-0.25, -0.2) is 4.79 Å². The first-order valence-corrected chi connectivity index (χ1v) is 5.79. The summed E-state index contributed by atoms with van der Waals surface area (Å²) in [5.41, 5.74) is -0.305. The highest BCUT2D eigenvalue weighted by molar-refractivity contribution is 5.87. The van der Waals surface area contributed by atoms with Gasteiger partial charge in [0.25, 0.3) is 5.56 Å². The van der Waals surface area contributed by atoms with Gasteiger partial charge in [-0.15, -0.1) is 0 Å². The second kappa shape index (κ2) is 4.61. The molecule has 0 saturated heterocycles. The number of carboxylic acids is 1. The molecule has 0 bridgehead atoms. The van der Waals surface area contributed by atoms with Crippen molar-refractivity contribution in [1.82, 2.24) is 4.73 Å². The standard InChI is InChI=1S/C12H15NO4/c14-11-7-9(12(15)16)6-10(13(11)17)8-4-2-1-3-5-8/h6-8,17H,1-5H2,(H,15,16). The van der Waals surface area contributed by atoms with E-state index >= 15 is 0 Å². The molecule has 0 atom stereocenters. The number of carbonyl (C=O) groups is 1. The van der Waals surface area contributed by atoms with Gasteiger partial charge < -0.3 is 10.3 Å². The number of carboxylic acid groups (broad SMARTS) is 1. The van der Waals surface area contributed by atoms with Gasteiger partial charge in [-0.1, -0.05) is 19.3 Å². The van der Waals surface area contributed by atoms with E-state index in [-0.39, 0.29) is 11.5 Å². The summed E-state index contributed by atoms with van der Waals surface area (Å²) in [7, 11) is 0. The van der Waals surface area contributed by atoms with Crippen LogP contribution in [0.5, 0.6) is 0 Å². The molecular weight excluding hydrogens is 222 g/mol. The summed E-state index contributed by atoms with van der Waals surface area (Å²) in [6, 6.07) is 2.34. The predicted octanol–water partition coefficient (Wildman–Crippen LogP) is 1.83. The lowest BCUT2D eigenvalue weighted by Crippen LogP contribution is -2.25. The Hall–Kier alpha value is -1.78. The fourth-order valence-electron chi connectivity index (χ4n) is 2.40. The molecule has 1 aromatic heterocycles. The minimum Gasteiger partial charge on any atom is -0.478 e. The fraction of sp³-hybridized carbons (Fsp3) is 0.500. The Morgan fingerprint density at radius 1 is 1.24 bits per heavy atom. The molecule has 2 rings (SSSR count). The molecular formula is C12H15NO4. The zero-order valence-corrected chi connectivity index (χ0v) is 9.43. The minimum atomic E-state index is -1.14. The summed E-state index contributed by atoms with van der Waals surface area (Å²) in [6.45, 7) is 0. The van der Waals surface area contributed by atoms with Crippen LogP contribution in [0.2, 0.25) is 0 Å². The molecule has 1 aliphatic carbocycles. The Kier molecular flexibility index (Phi) is 3.17. The summed E-state index contributed by atoms with van der Waals surface area (Å²) < 4.78 is 0.586. The predicted molar refractivity (Wildman–Crippen MR) is 60.7 cm³/mol. The molecule has 92 valence electrons. The third kappa shape index (κ3) is 2.33. The molecule has 1 heterocycles. The lowest BCUT2D eigenvalue weighted by Gasteiger charge is -2.22. The first-order chi connectivity index (χ1) is 8.09. The number of nitrogens with zero attached hydrogens (tertiary/aromatic N) is 1. The number of rotatable bonds is 2. The van der Waals surface area contributed by atoms with Crippen molar-refractivity contribution in [2.24, 2.45) is 0 Å². The van der Waals surface area contributed by atoms with Crippen molar-refractivity contribution in [3.8, 4) is 0 Å². The lowest BCUT2D eigenvalue weighted by atomic mass is 9.86. The van der Waals surface area contributed by atoms with Gasteiger partial charge in [-0.05, 0) is 18.9 Å². The number of hydrogen-bond acceptors (Lipinski definition) is 3. The molecule has 1 aromatic rings. The Labute approximate surface area is 98.3 Å². The van der Waals surface area contributed by atoms with Crippen LogP contribution in [0.25, 0.3) is 0 Å². The van der Waals surface area contributed by atoms with Crippen molar-refractivity contribution in [3.05, 3.63) is 33.7 Å². The van der Waals surface area contributed by atoms with E-state index in [2.05, 4.69) is 0 Å². The third-order valence-electron chi connectivity index (χ3n) is 3.31. The maximum Gasteiger partial charge on any atom is 0.335 e. The van der Waals surface area contributed by atoms with E-state index in [1.807, 2.05) is 0 Å². The summed E-state index contributed by atoms with van der Waals surface area (Å²) in [4.78, 5) is 22.3. The van der Waals surface area contributed by atoms with Crippen LogP contribution < -0.4 is 5.56 Å². The molecule has 0 aliphatic heterocycles. The average Bonchev–Trinajstić information content (AvgIpc) is 2.33. The highest BCUT2D eigenvalue weighted by Gasteiger charge is 2.21. The van der Waals surface area contributed by atoms with Gasteiger partial charge in [0.2, 0.25) is 0 Å². The second-order valence-corrected chi connectivity index (χ2v) is 4.46. The van der Waals surface area contributed by atoms with Gasteiger partial charge in [0.15, 0.2) is 0 Å². The van der Waals surface area contributed by atoms with Crippen molar-refractivity contribution in [2.75, 3.05) is 0 Å². The van der Waals surface area contributed by atoms with Crippen LogP contribution in [0.3, 0.4) is 0 Å². The van der Waals surface area contributed by atoms with Crippen molar-refractivity contribution in [3.63, 3.8) is 0 Å². The van der Waals surface area contributed by atoms with E-state index < -0.39 is 11.5 Å². The number of pyridine rings is 1. The molecule has 1 fully saturated rings. The Morgan fingerprint density at radius 2 is 1.88 bits per heavy atom. The maximum absolute atomic E-state index is 11.5. The van der Waals surface area contributed by atoms with E-state index in [0.717, 1.165) is 38.2 Å². The van der Waals surface area contributed by atoms with E-state index in [1.54, 1.807) is 0 Å². The van der Waals surface area contributed by atoms with Crippen molar-refractivity contribution >= 4 is 5.97 Å². The van der Waals surface area contributed by atoms with Gasteiger partial charge >= 0.3 is 5.97 Å². The molecule has 1 aliphatic rings. The quantitative estimate of drug-likeness (QED) is 0.769. The normalized spacial score (nSPS) is 16.9. The van der Waals surface area contributed by atoms with E-state index in [1.165, 1.54) is 6.07 Å². The lowest BCUT2D eigenvalue weighted by molar-refractivity contribution is 0.0695. The number of aromatic carboxylic acids is 1. The van der Waals surface area contributed by atoms with Gasteiger partial charge in [0, 0.05) is 12.0 Å². The molecule has 5 heteroatoms. The average molecular weight is 237 g/mol. The molecule has 5 nitrogen and oxygen atoms in total. The van der Waals surface area contributed by atoms with Crippen LogP contribution in [-0.4, -0.2) is 21.0 Å². The zero-order chi connectivity index (χ0) is 12.4. The van der Waals surface area contributed by atoms with E-state index in [9.17, 15) is 14.8 Å². The van der Waals surface area contributed by atoms with Crippen molar-refractivity contribution in [2.45, 2.75) is 38.0 Å². The molecule has 0 spiro atoms. The maximum atomic E-state index is 11.5. The van der Waals surface area contributed by atoms with Gasteiger partial charge in [-0.2, -0.15) is 4.73 Å². The van der Waals surface area contributed by atoms with Crippen LogP contribution in [0.4, 0.5) is 0 Å². The molecule has 0 radical (unpaired) electrons. The second-order valence-electron chi connectivity index (χ2n) is 4.46. The highest BCUT2D eigenvalue weighted by Crippen LogP contribution is 2.31. The molecule has 17 heavy (non-hydrogen) atoms. The Morgan fingerprint density at radius 3 is 2.47 bits per heavy atom. The van der Waals surface area contributed by atoms with E-state index in [4.69, 9.17) is 5.11 Å². The van der Waals surface area contributed by atoms with Gasteiger partial charge in [-0.3, -0.25) is 4.79 Å². The highest BCUT2D eigenvalue weighted by atomic mass is 16.5. The van der Waals surface area contributed by atoms with Gasteiger partial charge in [0.1, 0.15) is 0 Å². The summed E-state index contributed by atoms with van der Waals surface area (Å²) in [5.74, 6) is -1.06. The fourth-order valence-corrected chi connectivity index (χ4v) is 2.40. The van der Waals surface area contributed by atoms with E-state index in [0.29, 0.717) is 10.4 Å². The largest absolute Gasteiger partial charge is 0.478 e. The number of aromatic nitrogens is 1.